The van der Waals surface area contributed by atoms with Gasteiger partial charge in [0.2, 0.25) is 10.0 Å². The minimum absolute atomic E-state index is 0.0446. The van der Waals surface area contributed by atoms with Gasteiger partial charge in [0, 0.05) is 6.54 Å². The molecule has 26 heavy (non-hydrogen) atoms. The Balaban J connectivity index is 2.31. The van der Waals surface area contributed by atoms with Gasteiger partial charge in [-0.05, 0) is 47.7 Å². The third kappa shape index (κ3) is 4.63. The van der Waals surface area contributed by atoms with E-state index in [-0.39, 0.29) is 22.0 Å². The average Bonchev–Trinajstić information content (AvgIpc) is 2.65. The number of hydrogen-bond acceptors (Lipinski definition) is 4. The lowest BCUT2D eigenvalue weighted by Crippen LogP contribution is -2.24. The number of rotatable bonds is 7. The van der Waals surface area contributed by atoms with Gasteiger partial charge in [-0.3, -0.25) is 0 Å². The molecule has 2 aromatic rings. The number of carbonyl (C=O) groups excluding carboxylic acids is 1. The van der Waals surface area contributed by atoms with E-state index in [2.05, 4.69) is 9.46 Å². The second-order valence-corrected chi connectivity index (χ2v) is 7.91. The number of carbonyl (C=O) groups is 1. The molecule has 0 fully saturated rings. The van der Waals surface area contributed by atoms with Gasteiger partial charge in [-0.2, -0.15) is 0 Å². The summed E-state index contributed by atoms with van der Waals surface area (Å²) in [5.41, 5.74) is 3.27. The molecular formula is C19H22ClNO4S. The van der Waals surface area contributed by atoms with Crippen molar-refractivity contribution in [1.29, 1.82) is 0 Å². The van der Waals surface area contributed by atoms with Gasteiger partial charge in [0.1, 0.15) is 4.90 Å². The van der Waals surface area contributed by atoms with Crippen molar-refractivity contribution in [2.45, 2.75) is 38.1 Å². The fraction of sp³-hybridized carbons (Fsp3) is 0.316. The number of methoxy groups -OCH3 is 1. The van der Waals surface area contributed by atoms with E-state index in [1.807, 2.05) is 32.0 Å². The summed E-state index contributed by atoms with van der Waals surface area (Å²) >= 11 is 6.05. The first kappa shape index (κ1) is 20.4. The predicted octanol–water partition coefficient (Wildman–Crippen LogP) is 3.73. The zero-order valence-corrected chi connectivity index (χ0v) is 16.6. The molecule has 2 aromatic carbocycles. The van der Waals surface area contributed by atoms with Crippen molar-refractivity contribution in [3.63, 3.8) is 0 Å². The normalized spacial score (nSPS) is 11.4. The standard InChI is InChI=1S/C19H22ClNO4S/c1-4-13-6-7-14(5-2)16(10-13)12-21-26(23,24)18-11-15(19(22)25-3)8-9-17(18)20/h6-11,21H,4-5,12H2,1-3H3. The van der Waals surface area contributed by atoms with Crippen LogP contribution in [0.25, 0.3) is 0 Å². The van der Waals surface area contributed by atoms with Crippen LogP contribution in [0, 0.1) is 0 Å². The lowest BCUT2D eigenvalue weighted by atomic mass is 10.0. The summed E-state index contributed by atoms with van der Waals surface area (Å²) in [6, 6.07) is 10.1. The third-order valence-corrected chi connectivity index (χ3v) is 6.04. The highest BCUT2D eigenvalue weighted by atomic mass is 35.5. The lowest BCUT2D eigenvalue weighted by Gasteiger charge is -2.13. The molecule has 2 rings (SSSR count). The number of aryl methyl sites for hydroxylation is 2. The predicted molar refractivity (Wildman–Crippen MR) is 102 cm³/mol. The Morgan fingerprint density at radius 1 is 1.08 bits per heavy atom. The van der Waals surface area contributed by atoms with Gasteiger partial charge in [-0.15, -0.1) is 0 Å². The van der Waals surface area contributed by atoms with Crippen LogP contribution in [0.1, 0.15) is 40.9 Å². The number of benzene rings is 2. The maximum absolute atomic E-state index is 12.7. The monoisotopic (exact) mass is 395 g/mol. The van der Waals surface area contributed by atoms with Crippen LogP contribution in [0.3, 0.4) is 0 Å². The molecule has 1 N–H and O–H groups in total. The molecule has 0 saturated carbocycles. The van der Waals surface area contributed by atoms with Crippen LogP contribution in [0.2, 0.25) is 5.02 Å². The van der Waals surface area contributed by atoms with Crippen molar-refractivity contribution >= 4 is 27.6 Å². The molecule has 0 radical (unpaired) electrons. The van der Waals surface area contributed by atoms with Gasteiger partial charge in [0.25, 0.3) is 0 Å². The SMILES string of the molecule is CCc1ccc(CC)c(CNS(=O)(=O)c2cc(C(=O)OC)ccc2Cl)c1. The number of hydrogen-bond donors (Lipinski definition) is 1. The number of nitrogens with one attached hydrogen (secondary N) is 1. The molecule has 0 atom stereocenters. The summed E-state index contributed by atoms with van der Waals surface area (Å²) < 4.78 is 32.6. The molecule has 5 nitrogen and oxygen atoms in total. The van der Waals surface area contributed by atoms with E-state index in [1.54, 1.807) is 0 Å². The van der Waals surface area contributed by atoms with Crippen molar-refractivity contribution in [1.82, 2.24) is 4.72 Å². The second-order valence-electron chi connectivity index (χ2n) is 5.77. The molecular weight excluding hydrogens is 374 g/mol. The van der Waals surface area contributed by atoms with Crippen molar-refractivity contribution in [2.75, 3.05) is 7.11 Å². The fourth-order valence-corrected chi connectivity index (χ4v) is 4.14. The highest BCUT2D eigenvalue weighted by molar-refractivity contribution is 7.89. The van der Waals surface area contributed by atoms with Crippen LogP contribution in [0.15, 0.2) is 41.3 Å². The summed E-state index contributed by atoms with van der Waals surface area (Å²) in [4.78, 5) is 11.5. The zero-order chi connectivity index (χ0) is 19.3. The second kappa shape index (κ2) is 8.66. The molecule has 0 heterocycles. The molecule has 140 valence electrons. The Labute approximate surface area is 159 Å². The Morgan fingerprint density at radius 3 is 2.42 bits per heavy atom. The maximum atomic E-state index is 12.7. The minimum atomic E-state index is -3.89. The van der Waals surface area contributed by atoms with Gasteiger partial charge >= 0.3 is 5.97 Å². The van der Waals surface area contributed by atoms with Crippen LogP contribution in [-0.4, -0.2) is 21.5 Å². The Hall–Kier alpha value is -1.89. The molecule has 0 unspecified atom stereocenters. The Kier molecular flexibility index (Phi) is 6.81. The Morgan fingerprint density at radius 2 is 1.81 bits per heavy atom. The van der Waals surface area contributed by atoms with Crippen LogP contribution in [-0.2, 0) is 34.1 Å². The molecule has 0 saturated heterocycles. The van der Waals surface area contributed by atoms with Crippen molar-refractivity contribution in [2.24, 2.45) is 0 Å². The van der Waals surface area contributed by atoms with Crippen molar-refractivity contribution < 1.29 is 17.9 Å². The van der Waals surface area contributed by atoms with Gasteiger partial charge < -0.3 is 4.74 Å². The molecule has 0 amide bonds. The summed E-state index contributed by atoms with van der Waals surface area (Å²) in [6.45, 7) is 4.22. The topological polar surface area (TPSA) is 72.5 Å². The van der Waals surface area contributed by atoms with Gasteiger partial charge in [0.15, 0.2) is 0 Å². The molecule has 0 spiro atoms. The Bertz CT molecular complexity index is 910. The van der Waals surface area contributed by atoms with Crippen molar-refractivity contribution in [3.05, 3.63) is 63.7 Å². The summed E-state index contributed by atoms with van der Waals surface area (Å²) in [7, 11) is -2.66. The largest absolute Gasteiger partial charge is 0.465 e. The van der Waals surface area contributed by atoms with E-state index < -0.39 is 16.0 Å². The first-order chi connectivity index (χ1) is 12.3. The zero-order valence-electron chi connectivity index (χ0n) is 15.0. The number of sulfonamides is 1. The maximum Gasteiger partial charge on any atom is 0.337 e. The molecule has 0 aliphatic carbocycles. The first-order valence-corrected chi connectivity index (χ1v) is 10.2. The molecule has 0 aliphatic heterocycles. The van der Waals surface area contributed by atoms with Crippen LogP contribution in [0.5, 0.6) is 0 Å². The van der Waals surface area contributed by atoms with Crippen molar-refractivity contribution in [3.8, 4) is 0 Å². The van der Waals surface area contributed by atoms with E-state index >= 15 is 0 Å². The summed E-state index contributed by atoms with van der Waals surface area (Å²) in [5.74, 6) is -0.623. The molecule has 0 aliphatic rings. The van der Waals surface area contributed by atoms with Crippen LogP contribution in [0.4, 0.5) is 0 Å². The molecule has 0 aromatic heterocycles. The summed E-state index contributed by atoms with van der Waals surface area (Å²) in [6.07, 6.45) is 1.68. The van der Waals surface area contributed by atoms with Gasteiger partial charge in [-0.25, -0.2) is 17.9 Å². The van der Waals surface area contributed by atoms with E-state index in [9.17, 15) is 13.2 Å². The van der Waals surface area contributed by atoms with E-state index in [1.165, 1.54) is 25.3 Å². The molecule has 7 heteroatoms. The van der Waals surface area contributed by atoms with Gasteiger partial charge in [0.05, 0.1) is 17.7 Å². The van der Waals surface area contributed by atoms with E-state index in [0.29, 0.717) is 0 Å². The highest BCUT2D eigenvalue weighted by Gasteiger charge is 2.20. The average molecular weight is 396 g/mol. The minimum Gasteiger partial charge on any atom is -0.465 e. The van der Waals surface area contributed by atoms with Gasteiger partial charge in [-0.1, -0.05) is 43.6 Å². The quantitative estimate of drug-likeness (QED) is 0.725. The lowest BCUT2D eigenvalue weighted by molar-refractivity contribution is 0.0600. The first-order valence-electron chi connectivity index (χ1n) is 8.30. The number of esters is 1. The number of ether oxygens (including phenoxy) is 1. The smallest absolute Gasteiger partial charge is 0.337 e. The highest BCUT2D eigenvalue weighted by Crippen LogP contribution is 2.24. The third-order valence-electron chi connectivity index (χ3n) is 4.15. The number of halogens is 1. The fourth-order valence-electron chi connectivity index (χ4n) is 2.61. The summed E-state index contributed by atoms with van der Waals surface area (Å²) in [5, 5.41) is 0.0446. The van der Waals surface area contributed by atoms with Crippen LogP contribution >= 0.6 is 11.6 Å². The van der Waals surface area contributed by atoms with E-state index in [4.69, 9.17) is 11.6 Å². The molecule has 0 bridgehead atoms. The van der Waals surface area contributed by atoms with Crippen LogP contribution < -0.4 is 4.72 Å². The van der Waals surface area contributed by atoms with E-state index in [0.717, 1.165) is 29.5 Å².